The molecule has 2 saturated heterocycles. The number of amides is 2. The first-order chi connectivity index (χ1) is 15.7. The van der Waals surface area contributed by atoms with Crippen molar-refractivity contribution < 1.29 is 27.5 Å². The second kappa shape index (κ2) is 9.68. The summed E-state index contributed by atoms with van der Waals surface area (Å²) >= 11 is 0. The van der Waals surface area contributed by atoms with Crippen LogP contribution in [0.2, 0.25) is 0 Å². The molecule has 9 heteroatoms. The van der Waals surface area contributed by atoms with Crippen LogP contribution in [0.1, 0.15) is 51.9 Å². The fourth-order valence-corrected chi connectivity index (χ4v) is 6.00. The Morgan fingerprint density at radius 1 is 1.12 bits per heavy atom. The zero-order valence-corrected chi connectivity index (χ0v) is 19.3. The molecule has 0 aromatic carbocycles. The number of piperidine rings is 2. The number of hydrogen-bond acceptors (Lipinski definition) is 4. The minimum Gasteiger partial charge on any atom is -0.450 e. The quantitative estimate of drug-likeness (QED) is 0.624. The van der Waals surface area contributed by atoms with Crippen molar-refractivity contribution in [1.29, 1.82) is 0 Å². The monoisotopic (exact) mass is 469 g/mol. The van der Waals surface area contributed by atoms with E-state index in [1.165, 1.54) is 10.5 Å². The molecule has 0 aromatic rings. The first kappa shape index (κ1) is 24.1. The van der Waals surface area contributed by atoms with E-state index >= 15 is 0 Å². The molecule has 0 saturated carbocycles. The van der Waals surface area contributed by atoms with Crippen LogP contribution >= 0.6 is 0 Å². The Hall–Kier alpha value is -2.03. The van der Waals surface area contributed by atoms with E-state index < -0.39 is 18.5 Å². The number of ether oxygens (including phenoxy) is 1. The summed E-state index contributed by atoms with van der Waals surface area (Å²) in [5.74, 6) is -0.809. The highest BCUT2D eigenvalue weighted by atomic mass is 19.4. The van der Waals surface area contributed by atoms with Crippen molar-refractivity contribution in [1.82, 2.24) is 14.7 Å². The molecule has 3 aliphatic heterocycles. The average Bonchev–Trinajstić information content (AvgIpc) is 2.79. The molecule has 4 rings (SSSR count). The van der Waals surface area contributed by atoms with Gasteiger partial charge in [-0.1, -0.05) is 12.2 Å². The summed E-state index contributed by atoms with van der Waals surface area (Å²) < 4.78 is 43.8. The molecule has 6 nitrogen and oxygen atoms in total. The van der Waals surface area contributed by atoms with Crippen LogP contribution in [0.4, 0.5) is 18.0 Å². The first-order valence-electron chi connectivity index (χ1n) is 12.1. The topological polar surface area (TPSA) is 53.1 Å². The summed E-state index contributed by atoms with van der Waals surface area (Å²) in [6.07, 6.45) is 3.38. The van der Waals surface area contributed by atoms with Crippen LogP contribution in [-0.2, 0) is 9.53 Å². The predicted octanol–water partition coefficient (Wildman–Crippen LogP) is 4.13. The third kappa shape index (κ3) is 5.39. The molecule has 1 spiro atoms. The predicted molar refractivity (Wildman–Crippen MR) is 118 cm³/mol. The van der Waals surface area contributed by atoms with Crippen LogP contribution in [0, 0.1) is 5.41 Å². The summed E-state index contributed by atoms with van der Waals surface area (Å²) in [7, 11) is 0. The lowest BCUT2D eigenvalue weighted by atomic mass is 9.66. The summed E-state index contributed by atoms with van der Waals surface area (Å²) in [5.41, 5.74) is 2.14. The van der Waals surface area contributed by atoms with Crippen molar-refractivity contribution in [2.24, 2.45) is 5.41 Å². The van der Waals surface area contributed by atoms with Gasteiger partial charge in [-0.15, -0.1) is 0 Å². The lowest BCUT2D eigenvalue weighted by molar-refractivity contribution is -0.162. The maximum Gasteiger partial charge on any atom is 0.409 e. The van der Waals surface area contributed by atoms with Gasteiger partial charge in [0.1, 0.15) is 6.42 Å². The second-order valence-electron chi connectivity index (χ2n) is 9.73. The summed E-state index contributed by atoms with van der Waals surface area (Å²) in [5, 5.41) is 0. The Bertz CT molecular complexity index is 808. The molecule has 0 atom stereocenters. The number of allylic oxidation sites excluding steroid dienone is 2. The fraction of sp³-hybridized carbons (Fsp3) is 0.750. The number of likely N-dealkylation sites (tertiary alicyclic amines) is 2. The molecule has 3 heterocycles. The van der Waals surface area contributed by atoms with E-state index in [4.69, 9.17) is 4.74 Å². The maximum absolute atomic E-state index is 12.9. The third-order valence-corrected chi connectivity index (χ3v) is 7.69. The van der Waals surface area contributed by atoms with Gasteiger partial charge in [-0.3, -0.25) is 4.79 Å². The number of carbonyl (C=O) groups is 2. The van der Waals surface area contributed by atoms with Crippen LogP contribution in [0.15, 0.2) is 23.3 Å². The van der Waals surface area contributed by atoms with E-state index in [1.54, 1.807) is 11.8 Å². The molecular weight excluding hydrogens is 435 g/mol. The summed E-state index contributed by atoms with van der Waals surface area (Å²) in [6, 6.07) is 0.398. The molecule has 184 valence electrons. The lowest BCUT2D eigenvalue weighted by Gasteiger charge is -2.51. The van der Waals surface area contributed by atoms with E-state index in [9.17, 15) is 22.8 Å². The van der Waals surface area contributed by atoms with E-state index in [0.717, 1.165) is 57.2 Å². The zero-order valence-electron chi connectivity index (χ0n) is 19.3. The Kier molecular flexibility index (Phi) is 7.07. The standard InChI is InChI=1S/C24H34F3N3O3/c1-2-33-22(32)29-11-7-19(8-12-29)28-13-9-23(10-14-28)17-30(21(31)15-24(25,26)27)16-18-5-3-4-6-20(18)23/h4,6,19H,2-3,5,7-17H2,1H3. The third-order valence-electron chi connectivity index (χ3n) is 7.69. The van der Waals surface area contributed by atoms with Gasteiger partial charge in [0.2, 0.25) is 5.91 Å². The Morgan fingerprint density at radius 2 is 1.82 bits per heavy atom. The fourth-order valence-electron chi connectivity index (χ4n) is 6.00. The minimum atomic E-state index is -4.48. The number of nitrogens with zero attached hydrogens (tertiary/aromatic N) is 3. The molecule has 2 amide bonds. The van der Waals surface area contributed by atoms with Crippen LogP contribution in [0.5, 0.6) is 0 Å². The molecule has 2 fully saturated rings. The van der Waals surface area contributed by atoms with E-state index in [2.05, 4.69) is 17.1 Å². The molecule has 0 radical (unpaired) electrons. The molecule has 0 aromatic heterocycles. The molecule has 1 aliphatic carbocycles. The lowest BCUT2D eigenvalue weighted by Crippen LogP contribution is -2.55. The van der Waals surface area contributed by atoms with Gasteiger partial charge in [0.25, 0.3) is 0 Å². The summed E-state index contributed by atoms with van der Waals surface area (Å²) in [6.45, 7) is 5.96. The van der Waals surface area contributed by atoms with Gasteiger partial charge in [-0.25, -0.2) is 4.79 Å². The highest BCUT2D eigenvalue weighted by Gasteiger charge is 2.46. The highest BCUT2D eigenvalue weighted by Crippen LogP contribution is 2.47. The number of hydrogen-bond donors (Lipinski definition) is 0. The number of halogens is 3. The Morgan fingerprint density at radius 3 is 2.45 bits per heavy atom. The van der Waals surface area contributed by atoms with E-state index in [-0.39, 0.29) is 11.5 Å². The van der Waals surface area contributed by atoms with Crippen LogP contribution in [-0.4, -0.2) is 84.8 Å². The van der Waals surface area contributed by atoms with Crippen molar-refractivity contribution in [3.63, 3.8) is 0 Å². The number of carbonyl (C=O) groups excluding carboxylic acids is 2. The van der Waals surface area contributed by atoms with Gasteiger partial charge in [0.05, 0.1) is 6.61 Å². The van der Waals surface area contributed by atoms with Crippen molar-refractivity contribution in [2.75, 3.05) is 45.9 Å². The largest absolute Gasteiger partial charge is 0.450 e. The first-order valence-corrected chi connectivity index (χ1v) is 12.1. The molecule has 0 bridgehead atoms. The van der Waals surface area contributed by atoms with Crippen LogP contribution < -0.4 is 0 Å². The number of alkyl halides is 3. The molecule has 0 unspecified atom stereocenters. The highest BCUT2D eigenvalue weighted by molar-refractivity contribution is 5.77. The van der Waals surface area contributed by atoms with Gasteiger partial charge in [-0.2, -0.15) is 13.2 Å². The van der Waals surface area contributed by atoms with Crippen LogP contribution in [0.25, 0.3) is 0 Å². The molecule has 33 heavy (non-hydrogen) atoms. The van der Waals surface area contributed by atoms with Crippen molar-refractivity contribution in [3.05, 3.63) is 23.3 Å². The summed E-state index contributed by atoms with van der Waals surface area (Å²) in [4.78, 5) is 30.1. The minimum absolute atomic E-state index is 0.247. The second-order valence-corrected chi connectivity index (χ2v) is 9.73. The SMILES string of the molecule is CCOC(=O)N1CCC(N2CCC3(CC2)CN(C(=O)CC(F)(F)F)CC2=C3C=CCC2)CC1. The van der Waals surface area contributed by atoms with Crippen LogP contribution in [0.3, 0.4) is 0 Å². The molecular formula is C24H34F3N3O3. The zero-order chi connectivity index (χ0) is 23.6. The maximum atomic E-state index is 12.9. The molecule has 4 aliphatic rings. The normalized spacial score (nSPS) is 24.2. The average molecular weight is 470 g/mol. The van der Waals surface area contributed by atoms with E-state index in [0.29, 0.717) is 38.8 Å². The number of rotatable bonds is 3. The van der Waals surface area contributed by atoms with Gasteiger partial charge >= 0.3 is 12.3 Å². The number of fused-ring (bicyclic) bond motifs is 1. The van der Waals surface area contributed by atoms with Gasteiger partial charge in [0.15, 0.2) is 0 Å². The van der Waals surface area contributed by atoms with Gasteiger partial charge in [-0.05, 0) is 69.7 Å². The van der Waals surface area contributed by atoms with Gasteiger partial charge in [0, 0.05) is 37.6 Å². The molecule has 0 N–H and O–H groups in total. The van der Waals surface area contributed by atoms with E-state index in [1.807, 2.05) is 0 Å². The Labute approximate surface area is 193 Å². The Balaban J connectivity index is 1.41. The van der Waals surface area contributed by atoms with Crippen molar-refractivity contribution >= 4 is 12.0 Å². The smallest absolute Gasteiger partial charge is 0.409 e. The van der Waals surface area contributed by atoms with Crippen molar-refractivity contribution in [2.45, 2.75) is 64.1 Å². The van der Waals surface area contributed by atoms with Gasteiger partial charge < -0.3 is 19.4 Å². The van der Waals surface area contributed by atoms with Crippen molar-refractivity contribution in [3.8, 4) is 0 Å².